The summed E-state index contributed by atoms with van der Waals surface area (Å²) in [6.45, 7) is 3.00. The fourth-order valence-corrected chi connectivity index (χ4v) is 4.09. The zero-order valence-electron chi connectivity index (χ0n) is 11.8. The Balaban J connectivity index is 2.01. The smallest absolute Gasteiger partial charge is 0.189 e. The SMILES string of the molecule is CCOCOc1ccc2ccccc2c1C1CCCS1. The maximum absolute atomic E-state index is 5.86. The third-order valence-electron chi connectivity index (χ3n) is 3.68. The molecule has 2 nitrogen and oxygen atoms in total. The highest BCUT2D eigenvalue weighted by Crippen LogP contribution is 2.46. The molecule has 1 heterocycles. The maximum Gasteiger partial charge on any atom is 0.189 e. The molecule has 0 spiro atoms. The van der Waals surface area contributed by atoms with Crippen LogP contribution >= 0.6 is 11.8 Å². The van der Waals surface area contributed by atoms with Gasteiger partial charge < -0.3 is 9.47 Å². The second kappa shape index (κ2) is 6.51. The summed E-state index contributed by atoms with van der Waals surface area (Å²) >= 11 is 2.04. The quantitative estimate of drug-likeness (QED) is 0.582. The summed E-state index contributed by atoms with van der Waals surface area (Å²) in [5, 5.41) is 3.16. The second-order valence-electron chi connectivity index (χ2n) is 4.96. The molecule has 2 aromatic carbocycles. The predicted octanol–water partition coefficient (Wildman–Crippen LogP) is 4.78. The van der Waals surface area contributed by atoms with E-state index in [1.54, 1.807) is 0 Å². The normalized spacial score (nSPS) is 18.6. The molecule has 1 unspecified atom stereocenters. The number of ether oxygens (including phenoxy) is 2. The maximum atomic E-state index is 5.86. The van der Waals surface area contributed by atoms with Gasteiger partial charge in [-0.3, -0.25) is 0 Å². The molecule has 1 aliphatic rings. The average molecular weight is 288 g/mol. The minimum atomic E-state index is 0.333. The van der Waals surface area contributed by atoms with Gasteiger partial charge >= 0.3 is 0 Å². The van der Waals surface area contributed by atoms with Gasteiger partial charge in [-0.05, 0) is 42.4 Å². The first-order valence-electron chi connectivity index (χ1n) is 7.24. The van der Waals surface area contributed by atoms with Gasteiger partial charge in [0, 0.05) is 17.4 Å². The van der Waals surface area contributed by atoms with Crippen LogP contribution in [0.3, 0.4) is 0 Å². The molecule has 1 aliphatic heterocycles. The van der Waals surface area contributed by atoms with E-state index in [1.165, 1.54) is 34.9 Å². The first kappa shape index (κ1) is 13.8. The van der Waals surface area contributed by atoms with Crippen molar-refractivity contribution in [2.24, 2.45) is 0 Å². The Kier molecular flexibility index (Phi) is 4.48. The van der Waals surface area contributed by atoms with Crippen molar-refractivity contribution in [3.8, 4) is 5.75 Å². The minimum absolute atomic E-state index is 0.333. The molecule has 20 heavy (non-hydrogen) atoms. The summed E-state index contributed by atoms with van der Waals surface area (Å²) in [6, 6.07) is 12.8. The van der Waals surface area contributed by atoms with Crippen molar-refractivity contribution in [1.29, 1.82) is 0 Å². The predicted molar refractivity (Wildman–Crippen MR) is 85.5 cm³/mol. The zero-order valence-corrected chi connectivity index (χ0v) is 12.6. The lowest BCUT2D eigenvalue weighted by Gasteiger charge is -2.18. The zero-order chi connectivity index (χ0) is 13.8. The summed E-state index contributed by atoms with van der Waals surface area (Å²) in [5.41, 5.74) is 1.35. The highest BCUT2D eigenvalue weighted by Gasteiger charge is 2.23. The van der Waals surface area contributed by atoms with Crippen LogP contribution in [0.25, 0.3) is 10.8 Å². The number of hydrogen-bond donors (Lipinski definition) is 0. The monoisotopic (exact) mass is 288 g/mol. The van der Waals surface area contributed by atoms with Crippen molar-refractivity contribution in [3.05, 3.63) is 42.0 Å². The van der Waals surface area contributed by atoms with Crippen molar-refractivity contribution < 1.29 is 9.47 Å². The summed E-state index contributed by atoms with van der Waals surface area (Å²) in [7, 11) is 0. The van der Waals surface area contributed by atoms with Crippen LogP contribution in [0.2, 0.25) is 0 Å². The molecule has 0 bridgehead atoms. The molecule has 3 rings (SSSR count). The van der Waals surface area contributed by atoms with E-state index < -0.39 is 0 Å². The van der Waals surface area contributed by atoms with E-state index in [0.717, 1.165) is 5.75 Å². The summed E-state index contributed by atoms with van der Waals surface area (Å²) in [6.07, 6.45) is 2.53. The molecule has 1 saturated heterocycles. The van der Waals surface area contributed by atoms with E-state index in [4.69, 9.17) is 9.47 Å². The number of fused-ring (bicyclic) bond motifs is 1. The van der Waals surface area contributed by atoms with Crippen LogP contribution in [0, 0.1) is 0 Å². The lowest BCUT2D eigenvalue weighted by molar-refractivity contribution is 0.0219. The number of rotatable bonds is 5. The molecule has 0 N–H and O–H groups in total. The molecule has 1 atom stereocenters. The van der Waals surface area contributed by atoms with E-state index in [0.29, 0.717) is 18.6 Å². The molecule has 0 radical (unpaired) electrons. The second-order valence-corrected chi connectivity index (χ2v) is 6.27. The largest absolute Gasteiger partial charge is 0.467 e. The fourth-order valence-electron chi connectivity index (χ4n) is 2.73. The van der Waals surface area contributed by atoms with Crippen molar-refractivity contribution >= 4 is 22.5 Å². The average Bonchev–Trinajstić information content (AvgIpc) is 3.01. The van der Waals surface area contributed by atoms with Gasteiger partial charge in [0.25, 0.3) is 0 Å². The Morgan fingerprint density at radius 1 is 1.20 bits per heavy atom. The summed E-state index contributed by atoms with van der Waals surface area (Å²) < 4.78 is 11.2. The van der Waals surface area contributed by atoms with E-state index in [9.17, 15) is 0 Å². The van der Waals surface area contributed by atoms with Gasteiger partial charge in [-0.15, -0.1) is 0 Å². The molecular weight excluding hydrogens is 268 g/mol. The van der Waals surface area contributed by atoms with E-state index in [1.807, 2.05) is 18.7 Å². The van der Waals surface area contributed by atoms with Gasteiger partial charge in [0.15, 0.2) is 6.79 Å². The van der Waals surface area contributed by atoms with Gasteiger partial charge in [-0.1, -0.05) is 30.3 Å². The van der Waals surface area contributed by atoms with Crippen LogP contribution in [0.5, 0.6) is 5.75 Å². The number of hydrogen-bond acceptors (Lipinski definition) is 3. The Labute approximate surface area is 124 Å². The van der Waals surface area contributed by atoms with Crippen LogP contribution < -0.4 is 4.74 Å². The number of thioether (sulfide) groups is 1. The van der Waals surface area contributed by atoms with Gasteiger partial charge in [-0.2, -0.15) is 11.8 Å². The fraction of sp³-hybridized carbons (Fsp3) is 0.412. The van der Waals surface area contributed by atoms with Crippen LogP contribution in [-0.2, 0) is 4.74 Å². The van der Waals surface area contributed by atoms with Crippen LogP contribution in [0.1, 0.15) is 30.6 Å². The first-order valence-corrected chi connectivity index (χ1v) is 8.29. The van der Waals surface area contributed by atoms with E-state index >= 15 is 0 Å². The number of benzene rings is 2. The Bertz CT molecular complexity index is 576. The van der Waals surface area contributed by atoms with Gasteiger partial charge in [0.05, 0.1) is 0 Å². The van der Waals surface area contributed by atoms with Crippen LogP contribution in [0.4, 0.5) is 0 Å². The lowest BCUT2D eigenvalue weighted by atomic mass is 9.99. The minimum Gasteiger partial charge on any atom is -0.467 e. The topological polar surface area (TPSA) is 18.5 Å². The molecule has 3 heteroatoms. The van der Waals surface area contributed by atoms with Crippen molar-refractivity contribution in [2.75, 3.05) is 19.2 Å². The van der Waals surface area contributed by atoms with Crippen molar-refractivity contribution in [1.82, 2.24) is 0 Å². The molecule has 0 saturated carbocycles. The molecule has 1 fully saturated rings. The Hall–Kier alpha value is -1.19. The molecule has 0 aliphatic carbocycles. The highest BCUT2D eigenvalue weighted by molar-refractivity contribution is 7.99. The van der Waals surface area contributed by atoms with Crippen molar-refractivity contribution in [2.45, 2.75) is 25.0 Å². The van der Waals surface area contributed by atoms with Gasteiger partial charge in [0.1, 0.15) is 5.75 Å². The first-order chi connectivity index (χ1) is 9.90. The molecule has 0 aromatic heterocycles. The molecule has 0 amide bonds. The lowest BCUT2D eigenvalue weighted by Crippen LogP contribution is -2.05. The van der Waals surface area contributed by atoms with Crippen LogP contribution in [-0.4, -0.2) is 19.2 Å². The molecular formula is C17H20O2S. The third-order valence-corrected chi connectivity index (χ3v) is 5.08. The van der Waals surface area contributed by atoms with E-state index in [2.05, 4.69) is 36.4 Å². The molecule has 2 aromatic rings. The standard InChI is InChI=1S/C17H20O2S/c1-2-18-12-19-15-10-9-13-6-3-4-7-14(13)17(15)16-8-5-11-20-16/h3-4,6-7,9-10,16H,2,5,8,11-12H2,1H3. The van der Waals surface area contributed by atoms with Crippen LogP contribution in [0.15, 0.2) is 36.4 Å². The highest BCUT2D eigenvalue weighted by atomic mass is 32.2. The Morgan fingerprint density at radius 2 is 2.10 bits per heavy atom. The van der Waals surface area contributed by atoms with Gasteiger partial charge in [-0.25, -0.2) is 0 Å². The molecule has 106 valence electrons. The Morgan fingerprint density at radius 3 is 2.90 bits per heavy atom. The third kappa shape index (κ3) is 2.79. The summed E-state index contributed by atoms with van der Waals surface area (Å²) in [4.78, 5) is 0. The van der Waals surface area contributed by atoms with E-state index in [-0.39, 0.29) is 0 Å². The van der Waals surface area contributed by atoms with Gasteiger partial charge in [0.2, 0.25) is 0 Å². The summed E-state index contributed by atoms with van der Waals surface area (Å²) in [5.74, 6) is 2.23. The van der Waals surface area contributed by atoms with Crippen molar-refractivity contribution in [3.63, 3.8) is 0 Å².